The van der Waals surface area contributed by atoms with Gasteiger partial charge in [0.05, 0.1) is 17.9 Å². The lowest BCUT2D eigenvalue weighted by atomic mass is 10.3. The molecular weight excluding hydrogens is 386 g/mol. The molecule has 2 aliphatic rings. The van der Waals surface area contributed by atoms with Gasteiger partial charge < -0.3 is 5.32 Å². The first-order valence-electron chi connectivity index (χ1n) is 10.1. The number of rotatable bonds is 7. The van der Waals surface area contributed by atoms with Crippen LogP contribution < -0.4 is 10.2 Å². The van der Waals surface area contributed by atoms with Gasteiger partial charge in [0.15, 0.2) is 5.13 Å². The lowest BCUT2D eigenvalue weighted by molar-refractivity contribution is -0.122. The van der Waals surface area contributed by atoms with Crippen LogP contribution in [0.2, 0.25) is 0 Å². The van der Waals surface area contributed by atoms with Crippen LogP contribution in [0.5, 0.6) is 0 Å². The molecule has 7 nitrogen and oxygen atoms in total. The number of hydrogen-bond donors (Lipinski definition) is 1. The van der Waals surface area contributed by atoms with Gasteiger partial charge in [-0.05, 0) is 25.0 Å². The molecule has 2 heterocycles. The topological polar surface area (TPSA) is 68.8 Å². The second-order valence-corrected chi connectivity index (χ2v) is 8.54. The van der Waals surface area contributed by atoms with Gasteiger partial charge in [-0.2, -0.15) is 0 Å². The van der Waals surface area contributed by atoms with E-state index in [2.05, 4.69) is 15.1 Å². The maximum Gasteiger partial charge on any atom is 0.234 e. The van der Waals surface area contributed by atoms with Crippen molar-refractivity contribution in [2.24, 2.45) is 0 Å². The molecule has 1 aliphatic heterocycles. The van der Waals surface area contributed by atoms with Gasteiger partial charge in [-0.15, -0.1) is 11.3 Å². The number of piperazine rings is 1. The van der Waals surface area contributed by atoms with Crippen molar-refractivity contribution in [2.75, 3.05) is 37.6 Å². The molecule has 29 heavy (non-hydrogen) atoms. The van der Waals surface area contributed by atoms with Crippen molar-refractivity contribution in [1.29, 1.82) is 0 Å². The summed E-state index contributed by atoms with van der Waals surface area (Å²) < 4.78 is 0. The summed E-state index contributed by atoms with van der Waals surface area (Å²) in [5.41, 5.74) is 1.81. The minimum Gasteiger partial charge on any atom is -0.352 e. The molecule has 1 aliphatic carbocycles. The van der Waals surface area contributed by atoms with Crippen LogP contribution in [-0.4, -0.2) is 65.4 Å². The van der Waals surface area contributed by atoms with Crippen molar-refractivity contribution in [1.82, 2.24) is 20.1 Å². The Balaban J connectivity index is 1.30. The summed E-state index contributed by atoms with van der Waals surface area (Å²) in [5.74, 6) is 0.102. The van der Waals surface area contributed by atoms with Crippen molar-refractivity contribution in [3.8, 4) is 0 Å². The standard InChI is InChI=1S/C21H27N5O2S/c1-16(27)26(19-5-3-2-4-6-19)21-23-18(15-29-21)13-24-9-11-25(12-10-24)14-20(28)22-17-7-8-17/h2-6,15,17H,7-14H2,1H3,(H,22,28). The molecule has 2 fully saturated rings. The molecule has 1 saturated carbocycles. The quantitative estimate of drug-likeness (QED) is 0.754. The Morgan fingerprint density at radius 1 is 1.14 bits per heavy atom. The highest BCUT2D eigenvalue weighted by molar-refractivity contribution is 7.14. The molecule has 1 aromatic heterocycles. The number of anilines is 2. The fourth-order valence-corrected chi connectivity index (χ4v) is 4.39. The van der Waals surface area contributed by atoms with Gasteiger partial charge in [0.1, 0.15) is 0 Å². The van der Waals surface area contributed by atoms with Gasteiger partial charge in [-0.1, -0.05) is 18.2 Å². The molecule has 2 aromatic rings. The van der Waals surface area contributed by atoms with Crippen molar-refractivity contribution in [3.05, 3.63) is 41.4 Å². The smallest absolute Gasteiger partial charge is 0.234 e. The first kappa shape index (κ1) is 20.0. The predicted octanol–water partition coefficient (Wildman–Crippen LogP) is 2.22. The van der Waals surface area contributed by atoms with E-state index in [1.807, 2.05) is 35.7 Å². The molecule has 2 amide bonds. The Morgan fingerprint density at radius 3 is 2.48 bits per heavy atom. The Bertz CT molecular complexity index is 844. The third-order valence-corrected chi connectivity index (χ3v) is 6.09. The van der Waals surface area contributed by atoms with Crippen LogP contribution in [0.15, 0.2) is 35.7 Å². The van der Waals surface area contributed by atoms with Crippen molar-refractivity contribution in [3.63, 3.8) is 0 Å². The lowest BCUT2D eigenvalue weighted by Crippen LogP contribution is -2.49. The third-order valence-electron chi connectivity index (χ3n) is 5.22. The number of para-hydroxylation sites is 1. The summed E-state index contributed by atoms with van der Waals surface area (Å²) >= 11 is 1.49. The van der Waals surface area contributed by atoms with Crippen LogP contribution in [0.3, 0.4) is 0 Å². The molecule has 1 N–H and O–H groups in total. The van der Waals surface area contributed by atoms with E-state index < -0.39 is 0 Å². The first-order chi connectivity index (χ1) is 14.1. The highest BCUT2D eigenvalue weighted by atomic mass is 32.1. The molecule has 8 heteroatoms. The van der Waals surface area contributed by atoms with Crippen LogP contribution in [0.1, 0.15) is 25.5 Å². The van der Waals surface area contributed by atoms with E-state index in [0.29, 0.717) is 17.7 Å². The molecule has 0 spiro atoms. The average Bonchev–Trinajstić information content (AvgIpc) is 3.40. The van der Waals surface area contributed by atoms with E-state index >= 15 is 0 Å². The Labute approximate surface area is 175 Å². The van der Waals surface area contributed by atoms with Gasteiger partial charge in [-0.3, -0.25) is 24.3 Å². The Hall–Kier alpha value is -2.29. The summed E-state index contributed by atoms with van der Waals surface area (Å²) in [6.07, 6.45) is 2.25. The Kier molecular flexibility index (Phi) is 6.22. The van der Waals surface area contributed by atoms with Gasteiger partial charge in [-0.25, -0.2) is 4.98 Å². The molecular formula is C21H27N5O2S. The fraction of sp³-hybridized carbons (Fsp3) is 0.476. The number of carbonyl (C=O) groups excluding carboxylic acids is 2. The Morgan fingerprint density at radius 2 is 1.83 bits per heavy atom. The van der Waals surface area contributed by atoms with Crippen LogP contribution in [0.4, 0.5) is 10.8 Å². The number of carbonyl (C=O) groups is 2. The van der Waals surface area contributed by atoms with Gasteiger partial charge in [0, 0.05) is 51.1 Å². The maximum absolute atomic E-state index is 12.2. The fourth-order valence-electron chi connectivity index (χ4n) is 3.51. The third kappa shape index (κ3) is 5.41. The summed E-state index contributed by atoms with van der Waals surface area (Å²) in [4.78, 5) is 35.1. The highest BCUT2D eigenvalue weighted by Crippen LogP contribution is 2.29. The zero-order valence-electron chi connectivity index (χ0n) is 16.7. The molecule has 0 radical (unpaired) electrons. The second kappa shape index (κ2) is 9.02. The number of nitrogens with one attached hydrogen (secondary N) is 1. The first-order valence-corrected chi connectivity index (χ1v) is 11.0. The molecule has 4 rings (SSSR count). The molecule has 1 aromatic carbocycles. The normalized spacial score (nSPS) is 17.8. The predicted molar refractivity (Wildman–Crippen MR) is 114 cm³/mol. The number of benzene rings is 1. The molecule has 0 bridgehead atoms. The molecule has 0 atom stereocenters. The largest absolute Gasteiger partial charge is 0.352 e. The van der Waals surface area contributed by atoms with E-state index in [-0.39, 0.29) is 11.8 Å². The van der Waals surface area contributed by atoms with Crippen molar-refractivity contribution in [2.45, 2.75) is 32.4 Å². The second-order valence-electron chi connectivity index (χ2n) is 7.71. The number of nitrogens with zero attached hydrogens (tertiary/aromatic N) is 4. The summed E-state index contributed by atoms with van der Waals surface area (Å²) in [6.45, 7) is 6.43. The van der Waals surface area contributed by atoms with Crippen molar-refractivity contribution >= 4 is 34.0 Å². The monoisotopic (exact) mass is 413 g/mol. The van der Waals surface area contributed by atoms with Gasteiger partial charge >= 0.3 is 0 Å². The summed E-state index contributed by atoms with van der Waals surface area (Å²) in [7, 11) is 0. The lowest BCUT2D eigenvalue weighted by Gasteiger charge is -2.33. The van der Waals surface area contributed by atoms with E-state index in [1.165, 1.54) is 11.3 Å². The number of amides is 2. The number of thiazole rings is 1. The zero-order chi connectivity index (χ0) is 20.2. The maximum atomic E-state index is 12.2. The SMILES string of the molecule is CC(=O)N(c1ccccc1)c1nc(CN2CCN(CC(=O)NC3CC3)CC2)cs1. The number of aromatic nitrogens is 1. The summed E-state index contributed by atoms with van der Waals surface area (Å²) in [6, 6.07) is 10.0. The van der Waals surface area contributed by atoms with E-state index in [1.54, 1.807) is 11.8 Å². The van der Waals surface area contributed by atoms with Crippen LogP contribution >= 0.6 is 11.3 Å². The van der Waals surface area contributed by atoms with Gasteiger partial charge in [0.25, 0.3) is 0 Å². The average molecular weight is 414 g/mol. The number of hydrogen-bond acceptors (Lipinski definition) is 6. The molecule has 1 saturated heterocycles. The minimum absolute atomic E-state index is 0.0461. The highest BCUT2D eigenvalue weighted by Gasteiger charge is 2.25. The minimum atomic E-state index is -0.0461. The summed E-state index contributed by atoms with van der Waals surface area (Å²) in [5, 5.41) is 5.79. The van der Waals surface area contributed by atoms with E-state index in [4.69, 9.17) is 4.98 Å². The van der Waals surface area contributed by atoms with Crippen LogP contribution in [0, 0.1) is 0 Å². The van der Waals surface area contributed by atoms with Crippen LogP contribution in [0.25, 0.3) is 0 Å². The molecule has 154 valence electrons. The van der Waals surface area contributed by atoms with Crippen LogP contribution in [-0.2, 0) is 16.1 Å². The van der Waals surface area contributed by atoms with E-state index in [9.17, 15) is 9.59 Å². The van der Waals surface area contributed by atoms with E-state index in [0.717, 1.165) is 56.9 Å². The van der Waals surface area contributed by atoms with Crippen molar-refractivity contribution < 1.29 is 9.59 Å². The van der Waals surface area contributed by atoms with Gasteiger partial charge in [0.2, 0.25) is 11.8 Å². The molecule has 0 unspecified atom stereocenters. The zero-order valence-corrected chi connectivity index (χ0v) is 17.5.